The van der Waals surface area contributed by atoms with Crippen LogP contribution in [-0.4, -0.2) is 25.3 Å². The first-order chi connectivity index (χ1) is 8.02. The fourth-order valence-corrected chi connectivity index (χ4v) is 2.42. The van der Waals surface area contributed by atoms with E-state index < -0.39 is 0 Å². The molecule has 0 aliphatic carbocycles. The lowest BCUT2D eigenvalue weighted by atomic mass is 9.98. The second-order valence-corrected chi connectivity index (χ2v) is 5.36. The van der Waals surface area contributed by atoms with E-state index in [-0.39, 0.29) is 11.6 Å². The van der Waals surface area contributed by atoms with Crippen molar-refractivity contribution in [3.8, 4) is 0 Å². The Hall–Kier alpha value is -1.06. The zero-order chi connectivity index (χ0) is 12.5. The predicted octanol–water partition coefficient (Wildman–Crippen LogP) is 2.32. The summed E-state index contributed by atoms with van der Waals surface area (Å²) in [5.74, 6) is 0. The van der Waals surface area contributed by atoms with Gasteiger partial charge in [0.1, 0.15) is 0 Å². The van der Waals surface area contributed by atoms with Crippen LogP contribution in [0.1, 0.15) is 32.4 Å². The molecule has 0 aromatic heterocycles. The van der Waals surface area contributed by atoms with E-state index in [1.807, 2.05) is 6.92 Å². The van der Waals surface area contributed by atoms with E-state index in [0.717, 1.165) is 19.8 Å². The zero-order valence-corrected chi connectivity index (χ0v) is 10.9. The minimum absolute atomic E-state index is 0.0310. The highest BCUT2D eigenvalue weighted by molar-refractivity contribution is 5.57. The number of nitrogens with zero attached hydrogens (tertiary/aromatic N) is 1. The maximum absolute atomic E-state index is 6.05. The van der Waals surface area contributed by atoms with Crippen molar-refractivity contribution in [3.05, 3.63) is 29.8 Å². The van der Waals surface area contributed by atoms with Crippen LogP contribution < -0.4 is 10.6 Å². The summed E-state index contributed by atoms with van der Waals surface area (Å²) < 4.78 is 5.56. The maximum Gasteiger partial charge on any atom is 0.0694 e. The second kappa shape index (κ2) is 4.67. The van der Waals surface area contributed by atoms with Crippen LogP contribution in [0.15, 0.2) is 24.3 Å². The van der Waals surface area contributed by atoms with Crippen molar-refractivity contribution in [3.63, 3.8) is 0 Å². The van der Waals surface area contributed by atoms with E-state index >= 15 is 0 Å². The third kappa shape index (κ3) is 2.45. The van der Waals surface area contributed by atoms with Crippen molar-refractivity contribution in [2.75, 3.05) is 24.7 Å². The summed E-state index contributed by atoms with van der Waals surface area (Å²) in [6, 6.07) is 8.46. The zero-order valence-electron chi connectivity index (χ0n) is 10.9. The van der Waals surface area contributed by atoms with E-state index in [0.29, 0.717) is 0 Å². The van der Waals surface area contributed by atoms with Gasteiger partial charge in [-0.15, -0.1) is 0 Å². The number of anilines is 1. The van der Waals surface area contributed by atoms with Gasteiger partial charge in [-0.1, -0.05) is 18.2 Å². The monoisotopic (exact) mass is 234 g/mol. The van der Waals surface area contributed by atoms with Gasteiger partial charge in [0, 0.05) is 18.3 Å². The highest BCUT2D eigenvalue weighted by atomic mass is 16.5. The van der Waals surface area contributed by atoms with Gasteiger partial charge < -0.3 is 15.4 Å². The first kappa shape index (κ1) is 12.4. The quantitative estimate of drug-likeness (QED) is 0.853. The van der Waals surface area contributed by atoms with Crippen molar-refractivity contribution in [2.24, 2.45) is 5.73 Å². The number of hydrogen-bond acceptors (Lipinski definition) is 3. The molecule has 0 bridgehead atoms. The number of benzene rings is 1. The molecule has 2 N–H and O–H groups in total. The van der Waals surface area contributed by atoms with Gasteiger partial charge in [0.25, 0.3) is 0 Å². The van der Waals surface area contributed by atoms with Crippen molar-refractivity contribution in [2.45, 2.75) is 32.4 Å². The molecule has 0 spiro atoms. The average Bonchev–Trinajstić information content (AvgIpc) is 2.28. The lowest BCUT2D eigenvalue weighted by Crippen LogP contribution is -2.53. The third-order valence-electron chi connectivity index (χ3n) is 3.36. The summed E-state index contributed by atoms with van der Waals surface area (Å²) in [4.78, 5) is 2.41. The topological polar surface area (TPSA) is 38.5 Å². The molecule has 94 valence electrons. The molecule has 1 aromatic rings. The van der Waals surface area contributed by atoms with Crippen LogP contribution in [0.5, 0.6) is 0 Å². The molecule has 3 nitrogen and oxygen atoms in total. The predicted molar refractivity (Wildman–Crippen MR) is 71.3 cm³/mol. The van der Waals surface area contributed by atoms with Crippen molar-refractivity contribution in [1.82, 2.24) is 0 Å². The van der Waals surface area contributed by atoms with Crippen LogP contribution in [0.3, 0.4) is 0 Å². The van der Waals surface area contributed by atoms with Gasteiger partial charge in [0.2, 0.25) is 0 Å². The molecular formula is C14H22N2O. The second-order valence-electron chi connectivity index (χ2n) is 5.36. The van der Waals surface area contributed by atoms with E-state index in [9.17, 15) is 0 Å². The van der Waals surface area contributed by atoms with Crippen LogP contribution in [0.25, 0.3) is 0 Å². The SMILES string of the molecule is CC(N)c1ccccc1N1CCOCC1(C)C. The summed E-state index contributed by atoms with van der Waals surface area (Å²) >= 11 is 0. The van der Waals surface area contributed by atoms with Gasteiger partial charge in [0.15, 0.2) is 0 Å². The first-order valence-electron chi connectivity index (χ1n) is 6.22. The Kier molecular flexibility index (Phi) is 3.40. The summed E-state index contributed by atoms with van der Waals surface area (Å²) in [5, 5.41) is 0. The number of morpholine rings is 1. The lowest BCUT2D eigenvalue weighted by Gasteiger charge is -2.44. The molecule has 0 saturated carbocycles. The van der Waals surface area contributed by atoms with Crippen molar-refractivity contribution in [1.29, 1.82) is 0 Å². The number of rotatable bonds is 2. The van der Waals surface area contributed by atoms with Crippen LogP contribution in [0, 0.1) is 0 Å². The Labute approximate surface area is 104 Å². The number of nitrogens with two attached hydrogens (primary N) is 1. The van der Waals surface area contributed by atoms with Crippen LogP contribution >= 0.6 is 0 Å². The highest BCUT2D eigenvalue weighted by Gasteiger charge is 2.31. The molecule has 1 unspecified atom stereocenters. The molecule has 2 rings (SSSR count). The van der Waals surface area contributed by atoms with Gasteiger partial charge in [-0.25, -0.2) is 0 Å². The van der Waals surface area contributed by atoms with Gasteiger partial charge in [-0.3, -0.25) is 0 Å². The lowest BCUT2D eigenvalue weighted by molar-refractivity contribution is 0.0643. The standard InChI is InChI=1S/C14H22N2O/c1-11(15)12-6-4-5-7-13(12)16-8-9-17-10-14(16,2)3/h4-7,11H,8-10,15H2,1-3H3. The Morgan fingerprint density at radius 1 is 1.35 bits per heavy atom. The molecule has 3 heteroatoms. The molecule has 0 radical (unpaired) electrons. The number of para-hydroxylation sites is 1. The van der Waals surface area contributed by atoms with Crippen LogP contribution in [-0.2, 0) is 4.74 Å². The van der Waals surface area contributed by atoms with Gasteiger partial charge in [-0.05, 0) is 32.4 Å². The van der Waals surface area contributed by atoms with Gasteiger partial charge in [-0.2, -0.15) is 0 Å². The third-order valence-corrected chi connectivity index (χ3v) is 3.36. The van der Waals surface area contributed by atoms with Gasteiger partial charge >= 0.3 is 0 Å². The van der Waals surface area contributed by atoms with Gasteiger partial charge in [0.05, 0.1) is 18.8 Å². The van der Waals surface area contributed by atoms with Crippen LogP contribution in [0.4, 0.5) is 5.69 Å². The molecule has 1 aliphatic rings. The Balaban J connectivity index is 2.38. The number of hydrogen-bond donors (Lipinski definition) is 1. The molecule has 1 fully saturated rings. The maximum atomic E-state index is 6.05. The molecule has 1 heterocycles. The Morgan fingerprint density at radius 3 is 2.71 bits per heavy atom. The summed E-state index contributed by atoms with van der Waals surface area (Å²) in [6.45, 7) is 8.94. The average molecular weight is 234 g/mol. The Bertz CT molecular complexity index is 388. The minimum Gasteiger partial charge on any atom is -0.377 e. The molecule has 1 atom stereocenters. The molecule has 17 heavy (non-hydrogen) atoms. The number of ether oxygens (including phenoxy) is 1. The van der Waals surface area contributed by atoms with Crippen LogP contribution in [0.2, 0.25) is 0 Å². The largest absolute Gasteiger partial charge is 0.377 e. The van der Waals surface area contributed by atoms with Crippen molar-refractivity contribution >= 4 is 5.69 Å². The summed E-state index contributed by atoms with van der Waals surface area (Å²) in [7, 11) is 0. The normalized spacial score (nSPS) is 21.3. The van der Waals surface area contributed by atoms with Crippen molar-refractivity contribution < 1.29 is 4.74 Å². The minimum atomic E-state index is 0.0310. The van der Waals surface area contributed by atoms with E-state index in [1.165, 1.54) is 11.3 Å². The van der Waals surface area contributed by atoms with E-state index in [2.05, 4.69) is 43.0 Å². The molecule has 1 aromatic carbocycles. The molecule has 1 saturated heterocycles. The smallest absolute Gasteiger partial charge is 0.0694 e. The summed E-state index contributed by atoms with van der Waals surface area (Å²) in [5.41, 5.74) is 8.54. The Morgan fingerprint density at radius 2 is 2.06 bits per heavy atom. The highest BCUT2D eigenvalue weighted by Crippen LogP contribution is 2.32. The molecule has 0 amide bonds. The first-order valence-corrected chi connectivity index (χ1v) is 6.22. The fourth-order valence-electron chi connectivity index (χ4n) is 2.42. The molecular weight excluding hydrogens is 212 g/mol. The fraction of sp³-hybridized carbons (Fsp3) is 0.571. The van der Waals surface area contributed by atoms with E-state index in [4.69, 9.17) is 10.5 Å². The summed E-state index contributed by atoms with van der Waals surface area (Å²) in [6.07, 6.45) is 0. The van der Waals surface area contributed by atoms with E-state index in [1.54, 1.807) is 0 Å². The molecule has 1 aliphatic heterocycles.